The molecule has 0 heterocycles. The van der Waals surface area contributed by atoms with Crippen molar-refractivity contribution in [2.45, 2.75) is 23.7 Å². The number of anilines is 1. The minimum absolute atomic E-state index is 0.0263. The van der Waals surface area contributed by atoms with Crippen LogP contribution >= 0.6 is 0 Å². The number of aryl methyl sites for hydroxylation is 1. The molecule has 17 heavy (non-hydrogen) atoms. The van der Waals surface area contributed by atoms with E-state index in [4.69, 9.17) is 5.73 Å². The predicted molar refractivity (Wildman–Crippen MR) is 55.1 cm³/mol. The van der Waals surface area contributed by atoms with Gasteiger partial charge in [0, 0.05) is 0 Å². The van der Waals surface area contributed by atoms with E-state index in [0.717, 1.165) is 6.07 Å². The van der Waals surface area contributed by atoms with Gasteiger partial charge in [-0.3, -0.25) is 0 Å². The third-order valence-corrected chi connectivity index (χ3v) is 3.75. The summed E-state index contributed by atoms with van der Waals surface area (Å²) in [6.07, 6.45) is 0.0263. The Morgan fingerprint density at radius 1 is 1.35 bits per heavy atom. The topological polar surface area (TPSA) is 80.4 Å². The van der Waals surface area contributed by atoms with Gasteiger partial charge < -0.3 is 10.8 Å². The Balaban J connectivity index is 3.57. The number of halogens is 3. The standard InChI is InChI=1S/C9H10F3NO3S/c1-2-5-3-7(14)6(13)4-8(5)17(15,16)9(10,11)12/h3-4,14H,2,13H2,1H3. The summed E-state index contributed by atoms with van der Waals surface area (Å²) < 4.78 is 59.6. The van der Waals surface area contributed by atoms with E-state index >= 15 is 0 Å². The number of aromatic hydroxyl groups is 1. The van der Waals surface area contributed by atoms with Crippen molar-refractivity contribution < 1.29 is 26.7 Å². The molecular formula is C9H10F3NO3S. The van der Waals surface area contributed by atoms with Gasteiger partial charge in [-0.05, 0) is 24.1 Å². The zero-order chi connectivity index (χ0) is 13.4. The zero-order valence-corrected chi connectivity index (χ0v) is 9.56. The van der Waals surface area contributed by atoms with Crippen molar-refractivity contribution in [1.82, 2.24) is 0 Å². The lowest BCUT2D eigenvalue weighted by Gasteiger charge is -2.13. The molecule has 0 unspecified atom stereocenters. The van der Waals surface area contributed by atoms with E-state index in [0.29, 0.717) is 6.07 Å². The molecule has 1 aromatic rings. The van der Waals surface area contributed by atoms with Crippen molar-refractivity contribution in [3.8, 4) is 5.75 Å². The number of nitrogen functional groups attached to an aromatic ring is 1. The van der Waals surface area contributed by atoms with Crippen molar-refractivity contribution in [3.05, 3.63) is 17.7 Å². The van der Waals surface area contributed by atoms with Crippen molar-refractivity contribution in [2.24, 2.45) is 0 Å². The number of nitrogens with two attached hydrogens (primary N) is 1. The number of sulfone groups is 1. The summed E-state index contributed by atoms with van der Waals surface area (Å²) in [6, 6.07) is 1.55. The summed E-state index contributed by atoms with van der Waals surface area (Å²) in [5.41, 5.74) is -0.729. The molecule has 0 fully saturated rings. The Morgan fingerprint density at radius 3 is 2.29 bits per heavy atom. The fraction of sp³-hybridized carbons (Fsp3) is 0.333. The summed E-state index contributed by atoms with van der Waals surface area (Å²) in [4.78, 5) is -0.914. The summed E-state index contributed by atoms with van der Waals surface area (Å²) in [5, 5.41) is 9.22. The Labute approximate surface area is 95.8 Å². The van der Waals surface area contributed by atoms with Crippen LogP contribution in [0.4, 0.5) is 18.9 Å². The second kappa shape index (κ2) is 4.10. The van der Waals surface area contributed by atoms with Gasteiger partial charge in [0.2, 0.25) is 0 Å². The number of phenols is 1. The van der Waals surface area contributed by atoms with Crippen LogP contribution in [0.25, 0.3) is 0 Å². The average Bonchev–Trinajstić information content (AvgIpc) is 2.19. The zero-order valence-electron chi connectivity index (χ0n) is 8.75. The molecule has 0 spiro atoms. The monoisotopic (exact) mass is 269 g/mol. The van der Waals surface area contributed by atoms with Gasteiger partial charge >= 0.3 is 5.51 Å². The SMILES string of the molecule is CCc1cc(O)c(N)cc1S(=O)(=O)C(F)(F)F. The average molecular weight is 269 g/mol. The maximum absolute atomic E-state index is 12.4. The molecule has 8 heteroatoms. The lowest BCUT2D eigenvalue weighted by Crippen LogP contribution is -2.24. The quantitative estimate of drug-likeness (QED) is 0.634. The smallest absolute Gasteiger partial charge is 0.501 e. The van der Waals surface area contributed by atoms with Gasteiger partial charge in [0.05, 0.1) is 10.6 Å². The highest BCUT2D eigenvalue weighted by atomic mass is 32.2. The van der Waals surface area contributed by atoms with Crippen LogP contribution in [0.2, 0.25) is 0 Å². The number of rotatable bonds is 2. The van der Waals surface area contributed by atoms with Crippen LogP contribution in [0.15, 0.2) is 17.0 Å². The third-order valence-electron chi connectivity index (χ3n) is 2.18. The number of alkyl halides is 3. The van der Waals surface area contributed by atoms with Crippen LogP contribution in [0.5, 0.6) is 5.75 Å². The van der Waals surface area contributed by atoms with E-state index in [1.54, 1.807) is 0 Å². The van der Waals surface area contributed by atoms with Crippen LogP contribution in [-0.2, 0) is 16.3 Å². The Morgan fingerprint density at radius 2 is 1.88 bits per heavy atom. The van der Waals surface area contributed by atoms with Crippen molar-refractivity contribution >= 4 is 15.5 Å². The van der Waals surface area contributed by atoms with Gasteiger partial charge in [0.15, 0.2) is 0 Å². The molecule has 0 aliphatic heterocycles. The first kappa shape index (κ1) is 13.6. The van der Waals surface area contributed by atoms with Crippen molar-refractivity contribution in [3.63, 3.8) is 0 Å². The summed E-state index contributed by atoms with van der Waals surface area (Å²) in [7, 11) is -5.45. The van der Waals surface area contributed by atoms with E-state index in [2.05, 4.69) is 0 Å². The van der Waals surface area contributed by atoms with E-state index in [1.807, 2.05) is 0 Å². The highest BCUT2D eigenvalue weighted by Gasteiger charge is 2.47. The van der Waals surface area contributed by atoms with Gasteiger partial charge in [-0.2, -0.15) is 13.2 Å². The number of hydrogen-bond donors (Lipinski definition) is 2. The molecule has 4 nitrogen and oxygen atoms in total. The number of phenolic OH excluding ortho intramolecular Hbond substituents is 1. The second-order valence-corrected chi connectivity index (χ2v) is 5.23. The Bertz CT molecular complexity index is 537. The van der Waals surface area contributed by atoms with Gasteiger partial charge in [-0.25, -0.2) is 8.42 Å². The molecule has 1 aromatic carbocycles. The summed E-state index contributed by atoms with van der Waals surface area (Å²) in [6.45, 7) is 1.47. The molecular weight excluding hydrogens is 259 g/mol. The van der Waals surface area contributed by atoms with Crippen molar-refractivity contribution in [1.29, 1.82) is 0 Å². The van der Waals surface area contributed by atoms with Crippen LogP contribution < -0.4 is 5.73 Å². The summed E-state index contributed by atoms with van der Waals surface area (Å²) >= 11 is 0. The highest BCUT2D eigenvalue weighted by Crippen LogP contribution is 2.36. The number of hydrogen-bond acceptors (Lipinski definition) is 4. The van der Waals surface area contributed by atoms with E-state index in [1.165, 1.54) is 6.92 Å². The normalized spacial score (nSPS) is 12.7. The van der Waals surface area contributed by atoms with Crippen LogP contribution in [0.1, 0.15) is 12.5 Å². The van der Waals surface area contributed by atoms with E-state index in [-0.39, 0.29) is 12.0 Å². The molecule has 0 bridgehead atoms. The Kier molecular flexibility index (Phi) is 3.28. The number of benzene rings is 1. The lowest BCUT2D eigenvalue weighted by atomic mass is 10.1. The first-order valence-corrected chi connectivity index (χ1v) is 6.02. The van der Waals surface area contributed by atoms with E-state index in [9.17, 15) is 26.7 Å². The maximum Gasteiger partial charge on any atom is 0.501 e. The molecule has 0 aliphatic carbocycles. The Hall–Kier alpha value is -1.44. The molecule has 0 saturated carbocycles. The first-order chi connectivity index (χ1) is 7.61. The minimum Gasteiger partial charge on any atom is -0.506 e. The molecule has 1 rings (SSSR count). The molecule has 0 saturated heterocycles. The molecule has 0 atom stereocenters. The highest BCUT2D eigenvalue weighted by molar-refractivity contribution is 7.92. The van der Waals surface area contributed by atoms with Crippen LogP contribution in [0, 0.1) is 0 Å². The maximum atomic E-state index is 12.4. The van der Waals surface area contributed by atoms with E-state index < -0.39 is 31.7 Å². The first-order valence-electron chi connectivity index (χ1n) is 4.54. The van der Waals surface area contributed by atoms with Crippen LogP contribution in [-0.4, -0.2) is 19.0 Å². The van der Waals surface area contributed by atoms with Gasteiger partial charge in [0.1, 0.15) is 5.75 Å². The van der Waals surface area contributed by atoms with Gasteiger partial charge in [-0.1, -0.05) is 6.92 Å². The summed E-state index contributed by atoms with van der Waals surface area (Å²) in [5.74, 6) is -0.442. The molecule has 3 N–H and O–H groups in total. The fourth-order valence-electron chi connectivity index (χ4n) is 1.28. The molecule has 0 aliphatic rings. The lowest BCUT2D eigenvalue weighted by molar-refractivity contribution is -0.0436. The van der Waals surface area contributed by atoms with Gasteiger partial charge in [0.25, 0.3) is 9.84 Å². The molecule has 0 radical (unpaired) electrons. The third kappa shape index (κ3) is 2.31. The van der Waals surface area contributed by atoms with Gasteiger partial charge in [-0.15, -0.1) is 0 Å². The van der Waals surface area contributed by atoms with Crippen LogP contribution in [0.3, 0.4) is 0 Å². The molecule has 96 valence electrons. The molecule has 0 amide bonds. The fourth-order valence-corrected chi connectivity index (χ4v) is 2.36. The molecule has 0 aromatic heterocycles. The largest absolute Gasteiger partial charge is 0.506 e. The minimum atomic E-state index is -5.45. The van der Waals surface area contributed by atoms with Crippen molar-refractivity contribution in [2.75, 3.05) is 5.73 Å². The predicted octanol–water partition coefficient (Wildman–Crippen LogP) is 1.83. The second-order valence-electron chi connectivity index (χ2n) is 3.32.